The maximum absolute atomic E-state index is 5.71. The summed E-state index contributed by atoms with van der Waals surface area (Å²) in [5, 5.41) is 4.39. The number of anilines is 1. The number of nitrogen functional groups attached to an aromatic ring is 1. The van der Waals surface area contributed by atoms with Gasteiger partial charge in [0.15, 0.2) is 5.58 Å². The Labute approximate surface area is 104 Å². The van der Waals surface area contributed by atoms with Crippen molar-refractivity contribution in [1.29, 1.82) is 0 Å². The molecule has 2 heterocycles. The third-order valence-corrected chi connectivity index (χ3v) is 2.85. The van der Waals surface area contributed by atoms with Crippen molar-refractivity contribution in [2.45, 2.75) is 20.4 Å². The number of aryl methyl sites for hydroxylation is 2. The predicted octanol–water partition coefficient (Wildman–Crippen LogP) is 2.27. The second kappa shape index (κ2) is 3.87. The number of aromatic nitrogens is 3. The highest BCUT2D eigenvalue weighted by atomic mass is 16.3. The summed E-state index contributed by atoms with van der Waals surface area (Å²) in [4.78, 5) is 4.42. The van der Waals surface area contributed by atoms with Crippen LogP contribution in [0.1, 0.15) is 17.3 Å². The summed E-state index contributed by atoms with van der Waals surface area (Å²) in [6.07, 6.45) is 0. The van der Waals surface area contributed by atoms with Crippen LogP contribution in [0.3, 0.4) is 0 Å². The molecule has 0 fully saturated rings. The van der Waals surface area contributed by atoms with Crippen molar-refractivity contribution in [2.75, 3.05) is 5.73 Å². The minimum Gasteiger partial charge on any atom is -0.439 e. The first-order valence-electron chi connectivity index (χ1n) is 5.78. The van der Waals surface area contributed by atoms with Crippen molar-refractivity contribution < 1.29 is 4.42 Å². The van der Waals surface area contributed by atoms with Crippen molar-refractivity contribution in [2.24, 2.45) is 0 Å². The molecular weight excluding hydrogens is 228 g/mol. The van der Waals surface area contributed by atoms with Crippen LogP contribution >= 0.6 is 0 Å². The van der Waals surface area contributed by atoms with Gasteiger partial charge in [-0.2, -0.15) is 5.10 Å². The normalized spacial score (nSPS) is 11.2. The lowest BCUT2D eigenvalue weighted by Gasteiger charge is -1.99. The lowest BCUT2D eigenvalue weighted by molar-refractivity contribution is 0.486. The molecule has 1 aromatic carbocycles. The van der Waals surface area contributed by atoms with Gasteiger partial charge in [0.05, 0.1) is 5.69 Å². The Bertz CT molecular complexity index is 711. The minimum atomic E-state index is 0.536. The zero-order valence-electron chi connectivity index (χ0n) is 10.3. The molecule has 18 heavy (non-hydrogen) atoms. The molecule has 0 spiro atoms. The summed E-state index contributed by atoms with van der Waals surface area (Å²) in [6.45, 7) is 4.52. The van der Waals surface area contributed by atoms with E-state index in [1.807, 2.05) is 36.7 Å². The topological polar surface area (TPSA) is 69.9 Å². The van der Waals surface area contributed by atoms with E-state index in [9.17, 15) is 0 Å². The number of nitrogens with zero attached hydrogens (tertiary/aromatic N) is 3. The third kappa shape index (κ3) is 1.84. The van der Waals surface area contributed by atoms with Crippen molar-refractivity contribution >= 4 is 16.8 Å². The Kier molecular flexibility index (Phi) is 2.33. The molecule has 0 unspecified atom stereocenters. The number of benzene rings is 1. The average Bonchev–Trinajstić information content (AvgIpc) is 2.82. The number of nitrogens with two attached hydrogens (primary N) is 1. The highest BCUT2D eigenvalue weighted by Gasteiger charge is 2.09. The third-order valence-electron chi connectivity index (χ3n) is 2.85. The Morgan fingerprint density at radius 1 is 1.28 bits per heavy atom. The number of hydrogen-bond acceptors (Lipinski definition) is 4. The first-order chi connectivity index (χ1) is 8.61. The van der Waals surface area contributed by atoms with E-state index in [2.05, 4.69) is 10.1 Å². The van der Waals surface area contributed by atoms with E-state index in [0.717, 1.165) is 16.9 Å². The summed E-state index contributed by atoms with van der Waals surface area (Å²) < 4.78 is 7.54. The molecule has 5 nitrogen and oxygen atoms in total. The molecule has 0 atom stereocenters. The molecule has 0 saturated carbocycles. The molecular formula is C13H14N4O. The van der Waals surface area contributed by atoms with Gasteiger partial charge in [0, 0.05) is 17.4 Å². The molecule has 0 radical (unpaired) electrons. The van der Waals surface area contributed by atoms with E-state index in [1.54, 1.807) is 6.07 Å². The van der Waals surface area contributed by atoms with Gasteiger partial charge in [-0.3, -0.25) is 4.68 Å². The fraction of sp³-hybridized carbons (Fsp3) is 0.231. The van der Waals surface area contributed by atoms with Gasteiger partial charge in [0.1, 0.15) is 12.1 Å². The molecule has 0 amide bonds. The molecule has 3 rings (SSSR count). The highest BCUT2D eigenvalue weighted by Crippen LogP contribution is 2.19. The Morgan fingerprint density at radius 2 is 2.11 bits per heavy atom. The van der Waals surface area contributed by atoms with Gasteiger partial charge in [-0.25, -0.2) is 4.98 Å². The van der Waals surface area contributed by atoms with Crippen LogP contribution in [0.5, 0.6) is 0 Å². The van der Waals surface area contributed by atoms with Crippen LogP contribution in [-0.4, -0.2) is 14.8 Å². The fourth-order valence-electron chi connectivity index (χ4n) is 2.02. The Hall–Kier alpha value is -2.30. The average molecular weight is 242 g/mol. The zero-order valence-corrected chi connectivity index (χ0v) is 10.3. The van der Waals surface area contributed by atoms with Gasteiger partial charge in [-0.1, -0.05) is 0 Å². The lowest BCUT2D eigenvalue weighted by Crippen LogP contribution is -2.03. The SMILES string of the molecule is Cc1cc(C)n(Cc2nc3ccc(N)cc3o2)n1. The standard InChI is InChI=1S/C13H14N4O/c1-8-5-9(2)17(16-8)7-13-15-11-4-3-10(14)6-12(11)18-13/h3-6H,7,14H2,1-2H3. The molecule has 92 valence electrons. The smallest absolute Gasteiger partial charge is 0.217 e. The lowest BCUT2D eigenvalue weighted by atomic mass is 10.3. The predicted molar refractivity (Wildman–Crippen MR) is 69.2 cm³/mol. The molecule has 0 aliphatic carbocycles. The summed E-state index contributed by atoms with van der Waals surface area (Å²) in [7, 11) is 0. The molecule has 2 aromatic heterocycles. The van der Waals surface area contributed by atoms with Crippen molar-refractivity contribution in [3.05, 3.63) is 41.5 Å². The summed E-state index contributed by atoms with van der Waals surface area (Å²) in [5.74, 6) is 0.641. The van der Waals surface area contributed by atoms with Gasteiger partial charge >= 0.3 is 0 Å². The van der Waals surface area contributed by atoms with Crippen LogP contribution in [0.25, 0.3) is 11.1 Å². The van der Waals surface area contributed by atoms with Crippen LogP contribution in [0.15, 0.2) is 28.7 Å². The van der Waals surface area contributed by atoms with E-state index < -0.39 is 0 Å². The summed E-state index contributed by atoms with van der Waals surface area (Å²) >= 11 is 0. The molecule has 2 N–H and O–H groups in total. The largest absolute Gasteiger partial charge is 0.439 e. The highest BCUT2D eigenvalue weighted by molar-refractivity contribution is 5.76. The van der Waals surface area contributed by atoms with Crippen molar-refractivity contribution in [3.8, 4) is 0 Å². The molecule has 0 aliphatic heterocycles. The van der Waals surface area contributed by atoms with E-state index in [4.69, 9.17) is 10.2 Å². The van der Waals surface area contributed by atoms with Crippen LogP contribution in [0.4, 0.5) is 5.69 Å². The van der Waals surface area contributed by atoms with Gasteiger partial charge in [-0.05, 0) is 32.0 Å². The Balaban J connectivity index is 1.97. The van der Waals surface area contributed by atoms with Crippen molar-refractivity contribution in [1.82, 2.24) is 14.8 Å². The Morgan fingerprint density at radius 3 is 2.83 bits per heavy atom. The molecule has 0 aliphatic rings. The van der Waals surface area contributed by atoms with Gasteiger partial charge in [0.25, 0.3) is 0 Å². The maximum atomic E-state index is 5.71. The zero-order chi connectivity index (χ0) is 12.7. The van der Waals surface area contributed by atoms with Gasteiger partial charge < -0.3 is 10.2 Å². The molecule has 0 saturated heterocycles. The summed E-state index contributed by atoms with van der Waals surface area (Å²) in [6, 6.07) is 7.49. The van der Waals surface area contributed by atoms with Crippen LogP contribution in [0.2, 0.25) is 0 Å². The van der Waals surface area contributed by atoms with Crippen LogP contribution in [-0.2, 0) is 6.54 Å². The number of fused-ring (bicyclic) bond motifs is 1. The number of rotatable bonds is 2. The monoisotopic (exact) mass is 242 g/mol. The van der Waals surface area contributed by atoms with E-state index >= 15 is 0 Å². The minimum absolute atomic E-state index is 0.536. The maximum Gasteiger partial charge on any atom is 0.217 e. The molecule has 0 bridgehead atoms. The number of hydrogen-bond donors (Lipinski definition) is 1. The van der Waals surface area contributed by atoms with Crippen LogP contribution in [0, 0.1) is 13.8 Å². The number of oxazole rings is 1. The van der Waals surface area contributed by atoms with E-state index in [-0.39, 0.29) is 0 Å². The molecule has 5 heteroatoms. The quantitative estimate of drug-likeness (QED) is 0.700. The second-order valence-electron chi connectivity index (χ2n) is 4.42. The van der Waals surface area contributed by atoms with Crippen LogP contribution < -0.4 is 5.73 Å². The van der Waals surface area contributed by atoms with E-state index in [0.29, 0.717) is 23.7 Å². The molecule has 3 aromatic rings. The summed E-state index contributed by atoms with van der Waals surface area (Å²) in [5.41, 5.74) is 10.0. The fourth-order valence-corrected chi connectivity index (χ4v) is 2.02. The van der Waals surface area contributed by atoms with Crippen molar-refractivity contribution in [3.63, 3.8) is 0 Å². The first-order valence-corrected chi connectivity index (χ1v) is 5.78. The van der Waals surface area contributed by atoms with E-state index in [1.165, 1.54) is 0 Å². The van der Waals surface area contributed by atoms with Gasteiger partial charge in [-0.15, -0.1) is 0 Å². The second-order valence-corrected chi connectivity index (χ2v) is 4.42. The first kappa shape index (κ1) is 10.8. The van der Waals surface area contributed by atoms with Gasteiger partial charge in [0.2, 0.25) is 5.89 Å².